The zero-order valence-electron chi connectivity index (χ0n) is 16.7. The van der Waals surface area contributed by atoms with E-state index in [4.69, 9.17) is 0 Å². The molecule has 2 aliphatic heterocycles. The van der Waals surface area contributed by atoms with Gasteiger partial charge < -0.3 is 14.8 Å². The maximum atomic E-state index is 13.1. The highest BCUT2D eigenvalue weighted by molar-refractivity contribution is 5.92. The third-order valence-corrected chi connectivity index (χ3v) is 7.36. The molecule has 1 amide bonds. The van der Waals surface area contributed by atoms with Crippen LogP contribution in [0.1, 0.15) is 60.1 Å². The fourth-order valence-corrected chi connectivity index (χ4v) is 5.81. The van der Waals surface area contributed by atoms with Gasteiger partial charge in [0.1, 0.15) is 5.69 Å². The van der Waals surface area contributed by atoms with Gasteiger partial charge in [0, 0.05) is 31.2 Å². The molecule has 2 aromatic rings. The number of nitrogens with one attached hydrogen (secondary N) is 1. The van der Waals surface area contributed by atoms with E-state index in [-0.39, 0.29) is 11.3 Å². The largest absolute Gasteiger partial charge is 0.357 e. The first-order valence-electron chi connectivity index (χ1n) is 11.0. The molecule has 3 heterocycles. The summed E-state index contributed by atoms with van der Waals surface area (Å²) < 4.78 is 0. The van der Waals surface area contributed by atoms with Gasteiger partial charge >= 0.3 is 0 Å². The van der Waals surface area contributed by atoms with E-state index in [1.165, 1.54) is 43.4 Å². The van der Waals surface area contributed by atoms with E-state index in [0.717, 1.165) is 44.9 Å². The minimum absolute atomic E-state index is 0.114. The van der Waals surface area contributed by atoms with Crippen molar-refractivity contribution in [1.82, 2.24) is 14.8 Å². The van der Waals surface area contributed by atoms with Crippen molar-refractivity contribution in [3.63, 3.8) is 0 Å². The van der Waals surface area contributed by atoms with Gasteiger partial charge in [0.25, 0.3) is 5.91 Å². The number of piperidine rings is 1. The number of rotatable bonds is 3. The normalized spacial score (nSPS) is 22.5. The van der Waals surface area contributed by atoms with Crippen molar-refractivity contribution in [1.29, 1.82) is 0 Å². The minimum Gasteiger partial charge on any atom is -0.357 e. The van der Waals surface area contributed by atoms with Crippen molar-refractivity contribution in [3.8, 4) is 0 Å². The highest BCUT2D eigenvalue weighted by atomic mass is 16.2. The molecule has 1 aromatic carbocycles. The minimum atomic E-state index is 0.114. The molecule has 1 aliphatic carbocycles. The third-order valence-electron chi connectivity index (χ3n) is 7.36. The lowest BCUT2D eigenvalue weighted by atomic mass is 9.68. The van der Waals surface area contributed by atoms with Gasteiger partial charge in [-0.3, -0.25) is 4.79 Å². The zero-order chi connectivity index (χ0) is 19.0. The van der Waals surface area contributed by atoms with Crippen LogP contribution in [0.2, 0.25) is 0 Å². The fourth-order valence-electron chi connectivity index (χ4n) is 5.81. The molecule has 3 aliphatic rings. The van der Waals surface area contributed by atoms with Gasteiger partial charge in [-0.25, -0.2) is 0 Å². The van der Waals surface area contributed by atoms with Crippen LogP contribution in [0.4, 0.5) is 0 Å². The van der Waals surface area contributed by atoms with Crippen LogP contribution in [0, 0.1) is 5.92 Å². The standard InChI is InChI=1S/C24H31N3O/c28-23(22-10-5-13-25-22)27-17-20-8-3-4-9-21(20)24(18-27)11-14-26(15-12-24)16-19-6-1-2-7-19/h3-5,8-10,13,19,25H,1-2,6-7,11-12,14-18H2. The molecule has 0 bridgehead atoms. The Bertz CT molecular complexity index is 814. The predicted molar refractivity (Wildman–Crippen MR) is 111 cm³/mol. The number of hydrogen-bond donors (Lipinski definition) is 1. The number of fused-ring (bicyclic) bond motifs is 2. The summed E-state index contributed by atoms with van der Waals surface area (Å²) in [5.41, 5.74) is 3.64. The van der Waals surface area contributed by atoms with Crippen LogP contribution in [-0.4, -0.2) is 46.9 Å². The second kappa shape index (κ2) is 7.40. The average molecular weight is 378 g/mol. The Hall–Kier alpha value is -2.07. The van der Waals surface area contributed by atoms with Crippen molar-refractivity contribution in [2.75, 3.05) is 26.2 Å². The van der Waals surface area contributed by atoms with Gasteiger partial charge in [0.2, 0.25) is 0 Å². The highest BCUT2D eigenvalue weighted by Gasteiger charge is 2.43. The molecule has 0 unspecified atom stereocenters. The summed E-state index contributed by atoms with van der Waals surface area (Å²) in [4.78, 5) is 20.9. The van der Waals surface area contributed by atoms with Crippen LogP contribution in [0.3, 0.4) is 0 Å². The van der Waals surface area contributed by atoms with Crippen molar-refractivity contribution in [2.24, 2.45) is 5.92 Å². The molecule has 4 heteroatoms. The number of H-pyrrole nitrogens is 1. The van der Waals surface area contributed by atoms with E-state index in [0.29, 0.717) is 5.69 Å². The Kier molecular flexibility index (Phi) is 4.75. The van der Waals surface area contributed by atoms with Crippen LogP contribution in [0.25, 0.3) is 0 Å². The van der Waals surface area contributed by atoms with E-state index >= 15 is 0 Å². The zero-order valence-corrected chi connectivity index (χ0v) is 16.7. The van der Waals surface area contributed by atoms with E-state index in [2.05, 4.69) is 39.0 Å². The van der Waals surface area contributed by atoms with Crippen molar-refractivity contribution >= 4 is 5.91 Å². The lowest BCUT2D eigenvalue weighted by molar-refractivity contribution is 0.0561. The number of carbonyl (C=O) groups is 1. The molecular weight excluding hydrogens is 346 g/mol. The van der Waals surface area contributed by atoms with Gasteiger partial charge in [-0.15, -0.1) is 0 Å². The third kappa shape index (κ3) is 3.28. The van der Waals surface area contributed by atoms with Crippen LogP contribution >= 0.6 is 0 Å². The van der Waals surface area contributed by atoms with Gasteiger partial charge in [-0.1, -0.05) is 37.1 Å². The number of nitrogens with zero attached hydrogens (tertiary/aromatic N) is 2. The Morgan fingerprint density at radius 2 is 1.86 bits per heavy atom. The molecule has 2 fully saturated rings. The molecule has 1 N–H and O–H groups in total. The molecule has 148 valence electrons. The molecule has 1 aromatic heterocycles. The summed E-state index contributed by atoms with van der Waals surface area (Å²) in [6, 6.07) is 12.6. The maximum absolute atomic E-state index is 13.1. The number of aromatic nitrogens is 1. The van der Waals surface area contributed by atoms with E-state index in [9.17, 15) is 4.79 Å². The second-order valence-corrected chi connectivity index (χ2v) is 9.13. The Morgan fingerprint density at radius 1 is 1.07 bits per heavy atom. The van der Waals surface area contributed by atoms with Crippen molar-refractivity contribution in [3.05, 3.63) is 59.4 Å². The lowest BCUT2D eigenvalue weighted by Gasteiger charge is -2.49. The Morgan fingerprint density at radius 3 is 2.61 bits per heavy atom. The van der Waals surface area contributed by atoms with Crippen LogP contribution in [0.5, 0.6) is 0 Å². The van der Waals surface area contributed by atoms with Crippen molar-refractivity contribution in [2.45, 2.75) is 50.5 Å². The number of amides is 1. The molecule has 4 nitrogen and oxygen atoms in total. The van der Waals surface area contributed by atoms with Crippen LogP contribution in [-0.2, 0) is 12.0 Å². The first-order chi connectivity index (χ1) is 13.7. The number of aromatic amines is 1. The molecule has 0 atom stereocenters. The summed E-state index contributed by atoms with van der Waals surface area (Å²) in [6.45, 7) is 5.17. The lowest BCUT2D eigenvalue weighted by Crippen LogP contribution is -2.53. The topological polar surface area (TPSA) is 39.3 Å². The summed E-state index contributed by atoms with van der Waals surface area (Å²) in [7, 11) is 0. The quantitative estimate of drug-likeness (QED) is 0.871. The molecule has 1 saturated heterocycles. The Balaban J connectivity index is 1.36. The Labute approximate surface area is 167 Å². The van der Waals surface area contributed by atoms with Crippen LogP contribution < -0.4 is 0 Å². The number of hydrogen-bond acceptors (Lipinski definition) is 2. The van der Waals surface area contributed by atoms with Crippen LogP contribution in [0.15, 0.2) is 42.6 Å². The highest BCUT2D eigenvalue weighted by Crippen LogP contribution is 2.42. The summed E-state index contributed by atoms with van der Waals surface area (Å²) >= 11 is 0. The number of likely N-dealkylation sites (tertiary alicyclic amines) is 1. The SMILES string of the molecule is O=C(c1ccc[nH]1)N1Cc2ccccc2C2(CCN(CC3CCCC3)CC2)C1. The van der Waals surface area contributed by atoms with Crippen molar-refractivity contribution < 1.29 is 4.79 Å². The number of benzene rings is 1. The monoisotopic (exact) mass is 377 g/mol. The molecular formula is C24H31N3O. The van der Waals surface area contributed by atoms with Gasteiger partial charge in [-0.2, -0.15) is 0 Å². The second-order valence-electron chi connectivity index (χ2n) is 9.13. The van der Waals surface area contributed by atoms with E-state index in [1.54, 1.807) is 0 Å². The summed E-state index contributed by atoms with van der Waals surface area (Å²) in [5.74, 6) is 1.05. The van der Waals surface area contributed by atoms with Gasteiger partial charge in [0.05, 0.1) is 0 Å². The molecule has 5 rings (SSSR count). The first kappa shape index (κ1) is 18.0. The molecule has 0 radical (unpaired) electrons. The molecule has 1 saturated carbocycles. The van der Waals surface area contributed by atoms with Gasteiger partial charge in [0.15, 0.2) is 0 Å². The molecule has 1 spiro atoms. The summed E-state index contributed by atoms with van der Waals surface area (Å²) in [5, 5.41) is 0. The number of carbonyl (C=O) groups excluding carboxylic acids is 1. The summed E-state index contributed by atoms with van der Waals surface area (Å²) in [6.07, 6.45) is 9.84. The fraction of sp³-hybridized carbons (Fsp3) is 0.542. The molecule has 28 heavy (non-hydrogen) atoms. The smallest absolute Gasteiger partial charge is 0.270 e. The van der Waals surface area contributed by atoms with Gasteiger partial charge in [-0.05, 0) is 68.0 Å². The van der Waals surface area contributed by atoms with E-state index in [1.807, 2.05) is 18.3 Å². The first-order valence-corrected chi connectivity index (χ1v) is 11.0. The predicted octanol–water partition coefficient (Wildman–Crippen LogP) is 4.19. The average Bonchev–Trinajstić information content (AvgIpc) is 3.43. The maximum Gasteiger partial charge on any atom is 0.270 e. The van der Waals surface area contributed by atoms with E-state index < -0.39 is 0 Å².